The van der Waals surface area contributed by atoms with Crippen molar-refractivity contribution in [1.29, 1.82) is 0 Å². The second-order valence-electron chi connectivity index (χ2n) is 6.79. The molecular formula is C18H26N4O3. The molecule has 1 saturated heterocycles. The van der Waals surface area contributed by atoms with Crippen LogP contribution >= 0.6 is 0 Å². The molecule has 2 aromatic rings. The van der Waals surface area contributed by atoms with Gasteiger partial charge in [0.1, 0.15) is 5.76 Å². The number of aromatic nitrogens is 2. The Morgan fingerprint density at radius 3 is 2.60 bits per heavy atom. The van der Waals surface area contributed by atoms with Crippen LogP contribution in [0.15, 0.2) is 22.6 Å². The molecule has 7 heteroatoms. The third-order valence-electron chi connectivity index (χ3n) is 4.46. The summed E-state index contributed by atoms with van der Waals surface area (Å²) in [5.41, 5.74) is 2.03. The first-order chi connectivity index (χ1) is 11.9. The molecule has 0 saturated carbocycles. The molecule has 0 aliphatic carbocycles. The van der Waals surface area contributed by atoms with Gasteiger partial charge >= 0.3 is 0 Å². The SMILES string of the molecule is Cc1cc(C)n(Cc2ccc(C(=O)N3CCN(C[C@@H](C)O)CC3)o2)n1. The van der Waals surface area contributed by atoms with Crippen molar-refractivity contribution < 1.29 is 14.3 Å². The molecule has 0 unspecified atom stereocenters. The molecule has 1 aliphatic rings. The summed E-state index contributed by atoms with van der Waals surface area (Å²) in [7, 11) is 0. The first-order valence-electron chi connectivity index (χ1n) is 8.72. The molecular weight excluding hydrogens is 320 g/mol. The van der Waals surface area contributed by atoms with Gasteiger partial charge in [0.2, 0.25) is 0 Å². The predicted molar refractivity (Wildman–Crippen MR) is 93.5 cm³/mol. The highest BCUT2D eigenvalue weighted by molar-refractivity contribution is 5.91. The van der Waals surface area contributed by atoms with Crippen molar-refractivity contribution in [3.8, 4) is 0 Å². The van der Waals surface area contributed by atoms with E-state index in [1.165, 1.54) is 0 Å². The zero-order valence-corrected chi connectivity index (χ0v) is 15.1. The molecule has 1 amide bonds. The highest BCUT2D eigenvalue weighted by Gasteiger charge is 2.24. The first kappa shape index (κ1) is 17.7. The monoisotopic (exact) mass is 346 g/mol. The zero-order valence-electron chi connectivity index (χ0n) is 15.1. The Hall–Kier alpha value is -2.12. The lowest BCUT2D eigenvalue weighted by atomic mass is 10.2. The number of β-amino-alcohol motifs (C(OH)–C–C–N with tert-alkyl or cyclic N) is 1. The van der Waals surface area contributed by atoms with Crippen molar-refractivity contribution >= 4 is 5.91 Å². The van der Waals surface area contributed by atoms with Gasteiger partial charge in [0, 0.05) is 38.4 Å². The van der Waals surface area contributed by atoms with E-state index in [1.54, 1.807) is 13.0 Å². The largest absolute Gasteiger partial charge is 0.454 e. The van der Waals surface area contributed by atoms with Gasteiger partial charge in [-0.05, 0) is 39.0 Å². The van der Waals surface area contributed by atoms with Crippen molar-refractivity contribution in [2.75, 3.05) is 32.7 Å². The average molecular weight is 346 g/mol. The number of amides is 1. The molecule has 0 bridgehead atoms. The molecule has 1 aliphatic heterocycles. The van der Waals surface area contributed by atoms with Gasteiger partial charge in [-0.1, -0.05) is 0 Å². The van der Waals surface area contributed by atoms with Gasteiger partial charge in [0.15, 0.2) is 5.76 Å². The summed E-state index contributed by atoms with van der Waals surface area (Å²) in [6.45, 7) is 9.76. The average Bonchev–Trinajstić information content (AvgIpc) is 3.14. The number of carbonyl (C=O) groups excluding carboxylic acids is 1. The van der Waals surface area contributed by atoms with Crippen molar-refractivity contribution in [3.63, 3.8) is 0 Å². The smallest absolute Gasteiger partial charge is 0.289 e. The summed E-state index contributed by atoms with van der Waals surface area (Å²) in [4.78, 5) is 16.6. The van der Waals surface area contributed by atoms with Crippen LogP contribution in [-0.2, 0) is 6.54 Å². The number of nitrogens with zero attached hydrogens (tertiary/aromatic N) is 4. The van der Waals surface area contributed by atoms with Crippen molar-refractivity contribution in [2.24, 2.45) is 0 Å². The van der Waals surface area contributed by atoms with Crippen LogP contribution in [-0.4, -0.2) is 69.4 Å². The molecule has 136 valence electrons. The Kier molecular flexibility index (Phi) is 5.24. The fourth-order valence-electron chi connectivity index (χ4n) is 3.22. The van der Waals surface area contributed by atoms with E-state index in [2.05, 4.69) is 10.00 Å². The van der Waals surface area contributed by atoms with Crippen LogP contribution in [0.25, 0.3) is 0 Å². The van der Waals surface area contributed by atoms with E-state index in [0.717, 1.165) is 30.2 Å². The number of furan rings is 1. The Morgan fingerprint density at radius 1 is 1.28 bits per heavy atom. The first-order valence-corrected chi connectivity index (χ1v) is 8.72. The molecule has 1 fully saturated rings. The number of aryl methyl sites for hydroxylation is 2. The van der Waals surface area contributed by atoms with Gasteiger partial charge in [-0.2, -0.15) is 5.10 Å². The number of carbonyl (C=O) groups is 1. The van der Waals surface area contributed by atoms with E-state index >= 15 is 0 Å². The Balaban J connectivity index is 1.59. The lowest BCUT2D eigenvalue weighted by Gasteiger charge is -2.34. The van der Waals surface area contributed by atoms with E-state index < -0.39 is 0 Å². The van der Waals surface area contributed by atoms with E-state index in [-0.39, 0.29) is 12.0 Å². The van der Waals surface area contributed by atoms with Gasteiger partial charge < -0.3 is 14.4 Å². The van der Waals surface area contributed by atoms with Crippen molar-refractivity contribution in [3.05, 3.63) is 41.1 Å². The van der Waals surface area contributed by atoms with Crippen LogP contribution in [0.1, 0.15) is 34.6 Å². The molecule has 25 heavy (non-hydrogen) atoms. The minimum Gasteiger partial charge on any atom is -0.454 e. The number of piperazine rings is 1. The minimum absolute atomic E-state index is 0.0729. The normalized spacial score (nSPS) is 17.0. The zero-order chi connectivity index (χ0) is 18.0. The second-order valence-corrected chi connectivity index (χ2v) is 6.79. The minimum atomic E-state index is -0.343. The predicted octanol–water partition coefficient (Wildman–Crippen LogP) is 1.28. The number of aliphatic hydroxyl groups is 1. The van der Waals surface area contributed by atoms with Crippen molar-refractivity contribution in [2.45, 2.75) is 33.4 Å². The van der Waals surface area contributed by atoms with E-state index in [9.17, 15) is 9.90 Å². The Morgan fingerprint density at radius 2 is 2.00 bits per heavy atom. The number of hydrogen-bond donors (Lipinski definition) is 1. The lowest BCUT2D eigenvalue weighted by Crippen LogP contribution is -2.50. The maximum Gasteiger partial charge on any atom is 0.289 e. The summed E-state index contributed by atoms with van der Waals surface area (Å²) in [6, 6.07) is 5.60. The summed E-state index contributed by atoms with van der Waals surface area (Å²) in [5, 5.41) is 13.9. The summed E-state index contributed by atoms with van der Waals surface area (Å²) < 4.78 is 7.62. The van der Waals surface area contributed by atoms with Crippen LogP contribution in [0, 0.1) is 13.8 Å². The molecule has 3 rings (SSSR count). The van der Waals surface area contributed by atoms with Crippen LogP contribution in [0.4, 0.5) is 0 Å². The molecule has 0 spiro atoms. The van der Waals surface area contributed by atoms with Crippen LogP contribution in [0.5, 0.6) is 0 Å². The van der Waals surface area contributed by atoms with Gasteiger partial charge in [0.25, 0.3) is 5.91 Å². The summed E-state index contributed by atoms with van der Waals surface area (Å²) in [6.07, 6.45) is -0.343. The van der Waals surface area contributed by atoms with Gasteiger partial charge in [-0.3, -0.25) is 14.4 Å². The van der Waals surface area contributed by atoms with E-state index in [4.69, 9.17) is 4.42 Å². The number of rotatable bonds is 5. The Labute approximate surface area is 147 Å². The topological polar surface area (TPSA) is 74.7 Å². The molecule has 7 nitrogen and oxygen atoms in total. The van der Waals surface area contributed by atoms with E-state index in [0.29, 0.717) is 31.9 Å². The standard InChI is InChI=1S/C18H26N4O3/c1-13-10-14(2)22(19-13)12-16-4-5-17(25-16)18(24)21-8-6-20(7-9-21)11-15(3)23/h4-5,10,15,23H,6-9,11-12H2,1-3H3/t15-/m1/s1. The maximum absolute atomic E-state index is 12.6. The van der Waals surface area contributed by atoms with E-state index in [1.807, 2.05) is 35.6 Å². The van der Waals surface area contributed by atoms with Crippen LogP contribution < -0.4 is 0 Å². The second kappa shape index (κ2) is 7.41. The maximum atomic E-state index is 12.6. The highest BCUT2D eigenvalue weighted by Crippen LogP contribution is 2.15. The summed E-state index contributed by atoms with van der Waals surface area (Å²) in [5.74, 6) is 1.03. The third-order valence-corrected chi connectivity index (χ3v) is 4.46. The number of hydrogen-bond acceptors (Lipinski definition) is 5. The quantitative estimate of drug-likeness (QED) is 0.883. The fraction of sp³-hybridized carbons (Fsp3) is 0.556. The number of aliphatic hydroxyl groups excluding tert-OH is 1. The van der Waals surface area contributed by atoms with Crippen LogP contribution in [0.3, 0.4) is 0 Å². The van der Waals surface area contributed by atoms with Gasteiger partial charge in [-0.15, -0.1) is 0 Å². The van der Waals surface area contributed by atoms with Gasteiger partial charge in [0.05, 0.1) is 18.3 Å². The summed E-state index contributed by atoms with van der Waals surface area (Å²) >= 11 is 0. The fourth-order valence-corrected chi connectivity index (χ4v) is 3.22. The molecule has 0 aromatic carbocycles. The third kappa shape index (κ3) is 4.29. The molecule has 0 radical (unpaired) electrons. The lowest BCUT2D eigenvalue weighted by molar-refractivity contribution is 0.0526. The molecule has 1 atom stereocenters. The molecule has 3 heterocycles. The van der Waals surface area contributed by atoms with Crippen LogP contribution in [0.2, 0.25) is 0 Å². The molecule has 2 aromatic heterocycles. The molecule has 1 N–H and O–H groups in total. The Bertz CT molecular complexity index is 727. The van der Waals surface area contributed by atoms with Gasteiger partial charge in [-0.25, -0.2) is 0 Å². The highest BCUT2D eigenvalue weighted by atomic mass is 16.4. The van der Waals surface area contributed by atoms with Crippen molar-refractivity contribution in [1.82, 2.24) is 19.6 Å².